The van der Waals surface area contributed by atoms with E-state index in [4.69, 9.17) is 15.0 Å². The van der Waals surface area contributed by atoms with Crippen molar-refractivity contribution >= 4 is 0 Å². The van der Waals surface area contributed by atoms with Gasteiger partial charge in [-0.15, -0.1) is 0 Å². The summed E-state index contributed by atoms with van der Waals surface area (Å²) in [5.74, 6) is 1.92. The van der Waals surface area contributed by atoms with Crippen LogP contribution in [0.1, 0.15) is 30.5 Å². The number of benzene rings is 5. The number of hydrogen-bond acceptors (Lipinski definition) is 4. The molecule has 6 aromatic rings. The van der Waals surface area contributed by atoms with E-state index in [9.17, 15) is 5.26 Å². The van der Waals surface area contributed by atoms with Crippen molar-refractivity contribution in [3.8, 4) is 62.5 Å². The third kappa shape index (κ3) is 4.20. The molecule has 0 spiro atoms. The van der Waals surface area contributed by atoms with Gasteiger partial charge in [-0.1, -0.05) is 123 Å². The van der Waals surface area contributed by atoms with E-state index in [0.717, 1.165) is 44.5 Å². The lowest BCUT2D eigenvalue weighted by Crippen LogP contribution is -2.14. The first-order chi connectivity index (χ1) is 20.0. The zero-order valence-electron chi connectivity index (χ0n) is 22.8. The molecule has 1 aliphatic carbocycles. The highest BCUT2D eigenvalue weighted by Gasteiger charge is 2.36. The van der Waals surface area contributed by atoms with Crippen LogP contribution < -0.4 is 0 Å². The molecule has 5 aromatic carbocycles. The molecular formula is C37H26N4. The molecule has 1 heterocycles. The number of fused-ring (bicyclic) bond motifs is 3. The Kier molecular flexibility index (Phi) is 5.80. The molecule has 0 saturated heterocycles. The van der Waals surface area contributed by atoms with Gasteiger partial charge >= 0.3 is 0 Å². The first-order valence-electron chi connectivity index (χ1n) is 13.7. The molecule has 7 rings (SSSR count). The number of nitrogens with zero attached hydrogens (tertiary/aromatic N) is 4. The van der Waals surface area contributed by atoms with Crippen molar-refractivity contribution in [1.29, 1.82) is 5.26 Å². The fraction of sp³-hybridized carbons (Fsp3) is 0.0811. The standard InChI is InChI=1S/C37H26N4/c1-37(2)31-21-20-28(22-30(31)33-29(23-38)14-9-15-32(33)37)24-16-18-27(19-17-24)36-40-34(25-10-5-3-6-11-25)39-35(41-36)26-12-7-4-8-13-26/h3-22H,1-2H3. The maximum absolute atomic E-state index is 9.84. The van der Waals surface area contributed by atoms with E-state index in [1.807, 2.05) is 72.8 Å². The van der Waals surface area contributed by atoms with Crippen molar-refractivity contribution in [3.63, 3.8) is 0 Å². The van der Waals surface area contributed by atoms with Crippen LogP contribution >= 0.6 is 0 Å². The lowest BCUT2D eigenvalue weighted by atomic mass is 9.82. The van der Waals surface area contributed by atoms with Gasteiger partial charge in [0.15, 0.2) is 17.5 Å². The van der Waals surface area contributed by atoms with Gasteiger partial charge < -0.3 is 0 Å². The minimum atomic E-state index is -0.147. The van der Waals surface area contributed by atoms with E-state index in [1.54, 1.807) is 0 Å². The number of rotatable bonds is 4. The zero-order chi connectivity index (χ0) is 28.0. The second-order valence-electron chi connectivity index (χ2n) is 10.8. The smallest absolute Gasteiger partial charge is 0.164 e. The van der Waals surface area contributed by atoms with Crippen LogP contribution in [-0.2, 0) is 5.41 Å². The average Bonchev–Trinajstić information content (AvgIpc) is 3.27. The van der Waals surface area contributed by atoms with E-state index in [-0.39, 0.29) is 5.41 Å². The molecule has 41 heavy (non-hydrogen) atoms. The number of hydrogen-bond donors (Lipinski definition) is 0. The van der Waals surface area contributed by atoms with Crippen molar-refractivity contribution in [2.24, 2.45) is 0 Å². The summed E-state index contributed by atoms with van der Waals surface area (Å²) in [7, 11) is 0. The Morgan fingerprint density at radius 3 is 1.59 bits per heavy atom. The van der Waals surface area contributed by atoms with Gasteiger partial charge in [-0.05, 0) is 39.9 Å². The van der Waals surface area contributed by atoms with Crippen molar-refractivity contribution < 1.29 is 0 Å². The normalized spacial score (nSPS) is 12.8. The summed E-state index contributed by atoms with van der Waals surface area (Å²) in [4.78, 5) is 14.5. The third-order valence-corrected chi connectivity index (χ3v) is 8.00. The van der Waals surface area contributed by atoms with Crippen LogP contribution in [0.5, 0.6) is 0 Å². The SMILES string of the molecule is CC1(C)c2ccc(-c3ccc(-c4nc(-c5ccccc5)nc(-c5ccccc5)n4)cc3)cc2-c2c(C#N)cccc21. The Hall–Kier alpha value is -5.40. The van der Waals surface area contributed by atoms with Gasteiger partial charge in [0.05, 0.1) is 11.6 Å². The van der Waals surface area contributed by atoms with Crippen LogP contribution in [0, 0.1) is 11.3 Å². The summed E-state index contributed by atoms with van der Waals surface area (Å²) in [6.45, 7) is 4.46. The summed E-state index contributed by atoms with van der Waals surface area (Å²) < 4.78 is 0. The quantitative estimate of drug-likeness (QED) is 0.230. The van der Waals surface area contributed by atoms with Gasteiger partial charge in [0.2, 0.25) is 0 Å². The van der Waals surface area contributed by atoms with Crippen LogP contribution in [0.3, 0.4) is 0 Å². The Morgan fingerprint density at radius 1 is 0.512 bits per heavy atom. The van der Waals surface area contributed by atoms with E-state index in [0.29, 0.717) is 17.5 Å². The molecule has 194 valence electrons. The Bertz CT molecular complexity index is 1890. The van der Waals surface area contributed by atoms with Crippen LogP contribution in [-0.4, -0.2) is 15.0 Å². The Morgan fingerprint density at radius 2 is 1.02 bits per heavy atom. The average molecular weight is 527 g/mol. The fourth-order valence-electron chi connectivity index (χ4n) is 5.83. The molecule has 1 aromatic heterocycles. The predicted molar refractivity (Wildman–Crippen MR) is 164 cm³/mol. The van der Waals surface area contributed by atoms with Crippen molar-refractivity contribution in [1.82, 2.24) is 15.0 Å². The van der Waals surface area contributed by atoms with Crippen molar-refractivity contribution in [2.45, 2.75) is 19.3 Å². The maximum Gasteiger partial charge on any atom is 0.164 e. The summed E-state index contributed by atoms with van der Waals surface area (Å²) in [5.41, 5.74) is 10.2. The molecule has 0 atom stereocenters. The molecule has 4 nitrogen and oxygen atoms in total. The molecule has 1 aliphatic rings. The van der Waals surface area contributed by atoms with Gasteiger partial charge in [0.1, 0.15) is 0 Å². The van der Waals surface area contributed by atoms with Crippen molar-refractivity contribution in [3.05, 3.63) is 138 Å². The van der Waals surface area contributed by atoms with E-state index in [2.05, 4.69) is 68.4 Å². The molecule has 0 amide bonds. The minimum absolute atomic E-state index is 0.147. The van der Waals surface area contributed by atoms with E-state index in [1.165, 1.54) is 11.1 Å². The van der Waals surface area contributed by atoms with Gasteiger partial charge in [-0.25, -0.2) is 15.0 Å². The predicted octanol–water partition coefficient (Wildman–Crippen LogP) is 8.72. The largest absolute Gasteiger partial charge is 0.208 e. The lowest BCUT2D eigenvalue weighted by Gasteiger charge is -2.21. The molecule has 0 bridgehead atoms. The molecule has 0 fully saturated rings. The topological polar surface area (TPSA) is 62.5 Å². The number of aromatic nitrogens is 3. The molecule has 0 aliphatic heterocycles. The highest BCUT2D eigenvalue weighted by atomic mass is 15.0. The van der Waals surface area contributed by atoms with E-state index < -0.39 is 0 Å². The molecule has 0 unspecified atom stereocenters. The van der Waals surface area contributed by atoms with Gasteiger partial charge in [0.25, 0.3) is 0 Å². The second kappa shape index (κ2) is 9.66. The molecule has 0 radical (unpaired) electrons. The highest BCUT2D eigenvalue weighted by Crippen LogP contribution is 2.50. The van der Waals surface area contributed by atoms with Gasteiger partial charge in [-0.2, -0.15) is 5.26 Å². The van der Waals surface area contributed by atoms with Crippen LogP contribution in [0.4, 0.5) is 0 Å². The maximum atomic E-state index is 9.84. The number of nitriles is 1. The summed E-state index contributed by atoms with van der Waals surface area (Å²) in [6.07, 6.45) is 0. The summed E-state index contributed by atoms with van der Waals surface area (Å²) in [6, 6.07) is 43.4. The first kappa shape index (κ1) is 24.6. The summed E-state index contributed by atoms with van der Waals surface area (Å²) in [5, 5.41) is 9.84. The van der Waals surface area contributed by atoms with Gasteiger partial charge in [-0.3, -0.25) is 0 Å². The first-order valence-corrected chi connectivity index (χ1v) is 13.7. The van der Waals surface area contributed by atoms with E-state index >= 15 is 0 Å². The van der Waals surface area contributed by atoms with Crippen LogP contribution in [0.15, 0.2) is 121 Å². The molecular weight excluding hydrogens is 500 g/mol. The Balaban J connectivity index is 1.30. The Labute approximate surface area is 239 Å². The fourth-order valence-corrected chi connectivity index (χ4v) is 5.83. The zero-order valence-corrected chi connectivity index (χ0v) is 22.8. The molecule has 0 N–H and O–H groups in total. The third-order valence-electron chi connectivity index (χ3n) is 8.00. The second-order valence-corrected chi connectivity index (χ2v) is 10.8. The van der Waals surface area contributed by atoms with Gasteiger partial charge in [0, 0.05) is 27.7 Å². The molecule has 0 saturated carbocycles. The highest BCUT2D eigenvalue weighted by molar-refractivity contribution is 5.87. The lowest BCUT2D eigenvalue weighted by molar-refractivity contribution is 0.660. The van der Waals surface area contributed by atoms with Crippen LogP contribution in [0.2, 0.25) is 0 Å². The van der Waals surface area contributed by atoms with Crippen molar-refractivity contribution in [2.75, 3.05) is 0 Å². The molecule has 4 heteroatoms. The minimum Gasteiger partial charge on any atom is -0.208 e. The monoisotopic (exact) mass is 526 g/mol. The van der Waals surface area contributed by atoms with Crippen LogP contribution in [0.25, 0.3) is 56.4 Å². The summed E-state index contributed by atoms with van der Waals surface area (Å²) >= 11 is 0.